The lowest BCUT2D eigenvalue weighted by Crippen LogP contribution is -2.48. The molecule has 1 unspecified atom stereocenters. The van der Waals surface area contributed by atoms with Crippen LogP contribution >= 0.6 is 0 Å². The molecule has 0 spiro atoms. The average molecular weight is 271 g/mol. The van der Waals surface area contributed by atoms with E-state index in [2.05, 4.69) is 4.98 Å². The number of anilines is 1. The second-order valence-electron chi connectivity index (χ2n) is 4.17. The molecule has 1 aromatic heterocycles. The van der Waals surface area contributed by atoms with Crippen molar-refractivity contribution in [3.63, 3.8) is 0 Å². The van der Waals surface area contributed by atoms with Crippen LogP contribution < -0.4 is 5.73 Å². The molecule has 2 heterocycles. The Kier molecular flexibility index (Phi) is 3.84. The van der Waals surface area contributed by atoms with Crippen LogP contribution in [-0.2, 0) is 14.8 Å². The minimum atomic E-state index is -3.59. The largest absolute Gasteiger partial charge is 0.398 e. The second kappa shape index (κ2) is 5.21. The molecule has 18 heavy (non-hydrogen) atoms. The van der Waals surface area contributed by atoms with E-state index >= 15 is 0 Å². The molecule has 0 aliphatic carbocycles. The van der Waals surface area contributed by atoms with Crippen LogP contribution in [0.5, 0.6) is 0 Å². The maximum atomic E-state index is 12.5. The molecule has 7 heteroatoms. The number of hydrogen-bond acceptors (Lipinski definition) is 5. The van der Waals surface area contributed by atoms with Gasteiger partial charge in [-0.15, -0.1) is 0 Å². The lowest BCUT2D eigenvalue weighted by molar-refractivity contribution is 0.0314. The summed E-state index contributed by atoms with van der Waals surface area (Å²) in [6.45, 7) is 3.13. The van der Waals surface area contributed by atoms with Gasteiger partial charge in [-0.3, -0.25) is 4.98 Å². The molecule has 0 bridgehead atoms. The molecular weight excluding hydrogens is 254 g/mol. The van der Waals surface area contributed by atoms with E-state index in [1.54, 1.807) is 0 Å². The predicted octanol–water partition coefficient (Wildman–Crippen LogP) is 0.463. The number of nitrogen functional groups attached to an aromatic ring is 1. The molecule has 1 fully saturated rings. The number of morpholine rings is 1. The van der Waals surface area contributed by atoms with Gasteiger partial charge in [0.15, 0.2) is 0 Å². The summed E-state index contributed by atoms with van der Waals surface area (Å²) in [5.74, 6) is 0. The van der Waals surface area contributed by atoms with Crippen molar-refractivity contribution in [2.75, 3.05) is 25.5 Å². The Hall–Kier alpha value is -1.18. The Bertz CT molecular complexity index is 518. The summed E-state index contributed by atoms with van der Waals surface area (Å²) < 4.78 is 31.8. The fourth-order valence-corrected chi connectivity index (χ4v) is 3.74. The normalized spacial score (nSPS) is 21.9. The highest BCUT2D eigenvalue weighted by Crippen LogP contribution is 2.25. The number of nitrogens with zero attached hydrogens (tertiary/aromatic N) is 2. The Morgan fingerprint density at radius 3 is 3.06 bits per heavy atom. The molecule has 0 radical (unpaired) electrons. The van der Waals surface area contributed by atoms with Crippen molar-refractivity contribution < 1.29 is 13.2 Å². The summed E-state index contributed by atoms with van der Waals surface area (Å²) in [5, 5.41) is 0. The lowest BCUT2D eigenvalue weighted by atomic mass is 10.2. The van der Waals surface area contributed by atoms with Crippen LogP contribution in [0.15, 0.2) is 23.4 Å². The average Bonchev–Trinajstić information content (AvgIpc) is 2.39. The smallest absolute Gasteiger partial charge is 0.247 e. The van der Waals surface area contributed by atoms with Gasteiger partial charge < -0.3 is 10.5 Å². The van der Waals surface area contributed by atoms with Crippen molar-refractivity contribution in [3.8, 4) is 0 Å². The van der Waals surface area contributed by atoms with Crippen molar-refractivity contribution in [2.24, 2.45) is 0 Å². The van der Waals surface area contributed by atoms with Crippen molar-refractivity contribution in [3.05, 3.63) is 18.5 Å². The molecule has 2 rings (SSSR count). The van der Waals surface area contributed by atoms with Crippen molar-refractivity contribution in [1.82, 2.24) is 9.29 Å². The number of pyridine rings is 1. The molecule has 1 aromatic rings. The van der Waals surface area contributed by atoms with Crippen molar-refractivity contribution >= 4 is 15.7 Å². The first-order valence-electron chi connectivity index (χ1n) is 5.86. The number of sulfonamides is 1. The molecule has 100 valence electrons. The van der Waals surface area contributed by atoms with E-state index in [1.165, 1.54) is 22.8 Å². The van der Waals surface area contributed by atoms with Gasteiger partial charge in [-0.05, 0) is 12.5 Å². The maximum Gasteiger partial charge on any atom is 0.247 e. The summed E-state index contributed by atoms with van der Waals surface area (Å²) in [5.41, 5.74) is 5.95. The standard InChI is InChI=1S/C11H17N3O3S/c1-2-9-8-17-6-5-14(9)18(15,16)11-7-13-4-3-10(11)12/h3-4,7,9H,2,5-6,8H2,1H3,(H2,12,13). The van der Waals surface area contributed by atoms with Gasteiger partial charge in [-0.2, -0.15) is 4.31 Å². The van der Waals surface area contributed by atoms with Gasteiger partial charge in [-0.1, -0.05) is 6.92 Å². The Balaban J connectivity index is 2.39. The minimum Gasteiger partial charge on any atom is -0.398 e. The van der Waals surface area contributed by atoms with Gasteiger partial charge in [0, 0.05) is 25.0 Å². The van der Waals surface area contributed by atoms with Crippen molar-refractivity contribution in [1.29, 1.82) is 0 Å². The van der Waals surface area contributed by atoms with Crippen LogP contribution in [0, 0.1) is 0 Å². The molecule has 1 saturated heterocycles. The van der Waals surface area contributed by atoms with E-state index in [9.17, 15) is 8.42 Å². The fourth-order valence-electron chi connectivity index (χ4n) is 2.01. The lowest BCUT2D eigenvalue weighted by Gasteiger charge is -2.34. The van der Waals surface area contributed by atoms with E-state index in [0.29, 0.717) is 26.2 Å². The summed E-state index contributed by atoms with van der Waals surface area (Å²) in [4.78, 5) is 3.91. The third-order valence-electron chi connectivity index (χ3n) is 3.05. The predicted molar refractivity (Wildman–Crippen MR) is 67.4 cm³/mol. The topological polar surface area (TPSA) is 85.5 Å². The molecule has 6 nitrogen and oxygen atoms in total. The Morgan fingerprint density at radius 1 is 1.61 bits per heavy atom. The molecular formula is C11H17N3O3S. The van der Waals surface area contributed by atoms with Gasteiger partial charge in [0.1, 0.15) is 4.90 Å². The number of ether oxygens (including phenoxy) is 1. The molecule has 1 aliphatic heterocycles. The van der Waals surface area contributed by atoms with E-state index in [4.69, 9.17) is 10.5 Å². The quantitative estimate of drug-likeness (QED) is 0.863. The van der Waals surface area contributed by atoms with Crippen LogP contribution in [0.4, 0.5) is 5.69 Å². The van der Waals surface area contributed by atoms with E-state index in [-0.39, 0.29) is 16.6 Å². The van der Waals surface area contributed by atoms with E-state index in [1.807, 2.05) is 6.92 Å². The zero-order valence-electron chi connectivity index (χ0n) is 10.2. The number of aromatic nitrogens is 1. The minimum absolute atomic E-state index is 0.0744. The zero-order chi connectivity index (χ0) is 13.2. The van der Waals surface area contributed by atoms with Crippen LogP contribution in [0.3, 0.4) is 0 Å². The summed E-state index contributed by atoms with van der Waals surface area (Å²) in [7, 11) is -3.59. The zero-order valence-corrected chi connectivity index (χ0v) is 11.1. The highest BCUT2D eigenvalue weighted by Gasteiger charge is 2.34. The van der Waals surface area contributed by atoms with Crippen LogP contribution in [0.1, 0.15) is 13.3 Å². The van der Waals surface area contributed by atoms with Crippen molar-refractivity contribution in [2.45, 2.75) is 24.3 Å². The number of rotatable bonds is 3. The van der Waals surface area contributed by atoms with Gasteiger partial charge in [0.25, 0.3) is 0 Å². The maximum absolute atomic E-state index is 12.5. The molecule has 1 aliphatic rings. The first-order valence-corrected chi connectivity index (χ1v) is 7.30. The van der Waals surface area contributed by atoms with Crippen LogP contribution in [0.2, 0.25) is 0 Å². The van der Waals surface area contributed by atoms with Crippen LogP contribution in [-0.4, -0.2) is 43.5 Å². The van der Waals surface area contributed by atoms with Gasteiger partial charge in [0.05, 0.1) is 18.9 Å². The van der Waals surface area contributed by atoms with Gasteiger partial charge in [-0.25, -0.2) is 8.42 Å². The van der Waals surface area contributed by atoms with Gasteiger partial charge >= 0.3 is 0 Å². The monoisotopic (exact) mass is 271 g/mol. The molecule has 0 saturated carbocycles. The highest BCUT2D eigenvalue weighted by atomic mass is 32.2. The molecule has 2 N–H and O–H groups in total. The molecule has 1 atom stereocenters. The SMILES string of the molecule is CCC1COCCN1S(=O)(=O)c1cnccc1N. The number of nitrogens with two attached hydrogens (primary N) is 1. The van der Waals surface area contributed by atoms with Crippen LogP contribution in [0.25, 0.3) is 0 Å². The second-order valence-corrected chi connectivity index (χ2v) is 6.03. The summed E-state index contributed by atoms with van der Waals surface area (Å²) >= 11 is 0. The van der Waals surface area contributed by atoms with Gasteiger partial charge in [0.2, 0.25) is 10.0 Å². The Morgan fingerprint density at radius 2 is 2.39 bits per heavy atom. The first-order chi connectivity index (χ1) is 8.57. The van der Waals surface area contributed by atoms with E-state index in [0.717, 1.165) is 0 Å². The first kappa shape index (κ1) is 13.3. The summed E-state index contributed by atoms with van der Waals surface area (Å²) in [6, 6.07) is 1.36. The fraction of sp³-hybridized carbons (Fsp3) is 0.545. The highest BCUT2D eigenvalue weighted by molar-refractivity contribution is 7.89. The Labute approximate surface area is 107 Å². The molecule has 0 amide bonds. The van der Waals surface area contributed by atoms with E-state index < -0.39 is 10.0 Å². The summed E-state index contributed by atoms with van der Waals surface area (Å²) in [6.07, 6.45) is 3.48. The number of hydrogen-bond donors (Lipinski definition) is 1. The molecule has 0 aromatic carbocycles. The third-order valence-corrected chi connectivity index (χ3v) is 5.04. The third kappa shape index (κ3) is 2.33.